The van der Waals surface area contributed by atoms with Crippen LogP contribution in [0.15, 0.2) is 24.3 Å². The maximum Gasteiger partial charge on any atom is 0.0511 e. The van der Waals surface area contributed by atoms with E-state index in [1.807, 2.05) is 12.2 Å². The number of alkyl halides is 1. The van der Waals surface area contributed by atoms with Crippen molar-refractivity contribution in [2.45, 2.75) is 4.83 Å². The molecular weight excluding hydrogens is 140 g/mol. The van der Waals surface area contributed by atoms with E-state index in [1.165, 1.54) is 0 Å². The summed E-state index contributed by atoms with van der Waals surface area (Å²) in [5, 5.41) is 0. The van der Waals surface area contributed by atoms with Crippen LogP contribution in [-0.2, 0) is 0 Å². The second-order valence-corrected chi connectivity index (χ2v) is 2.27. The molecule has 0 atom stereocenters. The Kier molecular flexibility index (Phi) is 1.10. The number of rotatable bonds is 0. The zero-order valence-electron chi connectivity index (χ0n) is 3.26. The molecule has 0 saturated heterocycles. The summed E-state index contributed by atoms with van der Waals surface area (Å²) < 4.78 is 0. The summed E-state index contributed by atoms with van der Waals surface area (Å²) >= 11 is 3.36. The lowest BCUT2D eigenvalue weighted by Crippen LogP contribution is -1.75. The molecule has 1 rings (SSSR count). The molecule has 1 aliphatic rings. The highest BCUT2D eigenvalue weighted by atomic mass is 79.9. The van der Waals surface area contributed by atoms with Crippen LogP contribution in [0.5, 0.6) is 0 Å². The summed E-state index contributed by atoms with van der Waals surface area (Å²) in [7, 11) is 0. The molecule has 1 heteroatoms. The molecule has 0 unspecified atom stereocenters. The first-order chi connectivity index (χ1) is 2.89. The molecule has 0 N–H and O–H groups in total. The molecule has 0 aromatic carbocycles. The van der Waals surface area contributed by atoms with Crippen molar-refractivity contribution in [3.8, 4) is 0 Å². The van der Waals surface area contributed by atoms with Gasteiger partial charge in [0.25, 0.3) is 0 Å². The topological polar surface area (TPSA) is 0 Å². The van der Waals surface area contributed by atoms with Crippen molar-refractivity contribution >= 4 is 15.9 Å². The third-order valence-electron chi connectivity index (χ3n) is 0.701. The van der Waals surface area contributed by atoms with Crippen LogP contribution in [0.3, 0.4) is 0 Å². The largest absolute Gasteiger partial charge is 0.0799 e. The Hall–Kier alpha value is -0.0400. The van der Waals surface area contributed by atoms with Gasteiger partial charge in [-0.15, -0.1) is 0 Å². The summed E-state index contributed by atoms with van der Waals surface area (Å²) in [6.45, 7) is 0. The van der Waals surface area contributed by atoms with Crippen LogP contribution in [0.1, 0.15) is 0 Å². The lowest BCUT2D eigenvalue weighted by molar-refractivity contribution is 1.51. The summed E-state index contributed by atoms with van der Waals surface area (Å²) in [5.41, 5.74) is 0. The first-order valence-electron chi connectivity index (χ1n) is 1.88. The molecule has 0 aromatic rings. The number of halogens is 1. The molecule has 0 fully saturated rings. The fraction of sp³-hybridized carbons (Fsp3) is 0.200. The Balaban J connectivity index is 2.60. The molecule has 0 spiro atoms. The molecule has 0 nitrogen and oxygen atoms in total. The van der Waals surface area contributed by atoms with Crippen LogP contribution in [0.4, 0.5) is 0 Å². The fourth-order valence-corrected chi connectivity index (χ4v) is 0.757. The van der Waals surface area contributed by atoms with Gasteiger partial charge in [0.2, 0.25) is 0 Å². The molecule has 0 saturated carbocycles. The molecule has 0 amide bonds. The first kappa shape index (κ1) is 4.13. The van der Waals surface area contributed by atoms with Crippen LogP contribution in [-0.4, -0.2) is 4.83 Å². The van der Waals surface area contributed by atoms with E-state index in [0.717, 1.165) is 0 Å². The Morgan fingerprint density at radius 1 is 1.17 bits per heavy atom. The first-order valence-corrected chi connectivity index (χ1v) is 2.80. The summed E-state index contributed by atoms with van der Waals surface area (Å²) in [5.74, 6) is 0. The standard InChI is InChI=1S/C5H5Br/c6-5-3-1-2-4-5/h1-5H. The van der Waals surface area contributed by atoms with Gasteiger partial charge in [-0.05, 0) is 0 Å². The Labute approximate surface area is 45.7 Å². The molecule has 1 aliphatic carbocycles. The lowest BCUT2D eigenvalue weighted by Gasteiger charge is -1.81. The molecule has 0 radical (unpaired) electrons. The molecule has 0 aromatic heterocycles. The van der Waals surface area contributed by atoms with E-state index < -0.39 is 0 Å². The third-order valence-corrected chi connectivity index (χ3v) is 1.31. The second-order valence-electron chi connectivity index (χ2n) is 1.21. The minimum atomic E-state index is 0.498. The highest BCUT2D eigenvalue weighted by molar-refractivity contribution is 9.09. The Bertz CT molecular complexity index is 80.1. The zero-order chi connectivity index (χ0) is 4.41. The van der Waals surface area contributed by atoms with E-state index in [0.29, 0.717) is 4.83 Å². The number of hydrogen-bond acceptors (Lipinski definition) is 0. The zero-order valence-corrected chi connectivity index (χ0v) is 4.85. The van der Waals surface area contributed by atoms with Gasteiger partial charge in [0.15, 0.2) is 0 Å². The van der Waals surface area contributed by atoms with Gasteiger partial charge in [-0.3, -0.25) is 0 Å². The number of allylic oxidation sites excluding steroid dienone is 4. The van der Waals surface area contributed by atoms with E-state index >= 15 is 0 Å². The summed E-state index contributed by atoms with van der Waals surface area (Å²) in [6, 6.07) is 0. The van der Waals surface area contributed by atoms with Crippen LogP contribution in [0.25, 0.3) is 0 Å². The smallest absolute Gasteiger partial charge is 0.0511 e. The van der Waals surface area contributed by atoms with Crippen LogP contribution in [0.2, 0.25) is 0 Å². The van der Waals surface area contributed by atoms with Crippen molar-refractivity contribution in [2.24, 2.45) is 0 Å². The highest BCUT2D eigenvalue weighted by Crippen LogP contribution is 2.07. The SMILES string of the molecule is BrC1C=CC=C1. The van der Waals surface area contributed by atoms with E-state index in [1.54, 1.807) is 0 Å². The quantitative estimate of drug-likeness (QED) is 0.456. The maximum atomic E-state index is 3.36. The lowest BCUT2D eigenvalue weighted by atomic mass is 10.5. The van der Waals surface area contributed by atoms with Gasteiger partial charge in [-0.1, -0.05) is 40.2 Å². The van der Waals surface area contributed by atoms with Gasteiger partial charge >= 0.3 is 0 Å². The van der Waals surface area contributed by atoms with Gasteiger partial charge in [0.05, 0.1) is 4.83 Å². The minimum absolute atomic E-state index is 0.498. The van der Waals surface area contributed by atoms with E-state index in [4.69, 9.17) is 0 Å². The molecular formula is C5H5Br. The normalized spacial score (nSPS) is 20.2. The number of hydrogen-bond donors (Lipinski definition) is 0. The van der Waals surface area contributed by atoms with Crippen LogP contribution in [0, 0.1) is 0 Å². The summed E-state index contributed by atoms with van der Waals surface area (Å²) in [4.78, 5) is 0.498. The molecule has 0 aliphatic heterocycles. The van der Waals surface area contributed by atoms with Crippen LogP contribution < -0.4 is 0 Å². The van der Waals surface area contributed by atoms with E-state index in [2.05, 4.69) is 28.1 Å². The molecule has 32 valence electrons. The maximum absolute atomic E-state index is 3.36. The molecule has 0 heterocycles. The van der Waals surface area contributed by atoms with E-state index in [-0.39, 0.29) is 0 Å². The third kappa shape index (κ3) is 0.716. The highest BCUT2D eigenvalue weighted by Gasteiger charge is 1.92. The monoisotopic (exact) mass is 144 g/mol. The van der Waals surface area contributed by atoms with Gasteiger partial charge in [-0.25, -0.2) is 0 Å². The predicted molar refractivity (Wildman–Crippen MR) is 31.0 cm³/mol. The average Bonchev–Trinajstić information content (AvgIpc) is 1.86. The van der Waals surface area contributed by atoms with E-state index in [9.17, 15) is 0 Å². The van der Waals surface area contributed by atoms with Gasteiger partial charge in [0, 0.05) is 0 Å². The Morgan fingerprint density at radius 2 is 1.67 bits per heavy atom. The fourth-order valence-electron chi connectivity index (χ4n) is 0.405. The average molecular weight is 145 g/mol. The minimum Gasteiger partial charge on any atom is -0.0799 e. The molecule has 6 heavy (non-hydrogen) atoms. The molecule has 0 bridgehead atoms. The van der Waals surface area contributed by atoms with Gasteiger partial charge < -0.3 is 0 Å². The van der Waals surface area contributed by atoms with Crippen molar-refractivity contribution < 1.29 is 0 Å². The van der Waals surface area contributed by atoms with Gasteiger partial charge in [-0.2, -0.15) is 0 Å². The Morgan fingerprint density at radius 3 is 1.83 bits per heavy atom. The second kappa shape index (κ2) is 1.61. The van der Waals surface area contributed by atoms with Crippen molar-refractivity contribution in [3.05, 3.63) is 24.3 Å². The van der Waals surface area contributed by atoms with Crippen molar-refractivity contribution in [1.29, 1.82) is 0 Å². The predicted octanol–water partition coefficient (Wildman–Crippen LogP) is 1.88. The summed E-state index contributed by atoms with van der Waals surface area (Å²) in [6.07, 6.45) is 8.22. The van der Waals surface area contributed by atoms with Gasteiger partial charge in [0.1, 0.15) is 0 Å². The van der Waals surface area contributed by atoms with Crippen molar-refractivity contribution in [2.75, 3.05) is 0 Å². The van der Waals surface area contributed by atoms with Crippen molar-refractivity contribution in [1.82, 2.24) is 0 Å². The van der Waals surface area contributed by atoms with Crippen molar-refractivity contribution in [3.63, 3.8) is 0 Å². The van der Waals surface area contributed by atoms with Crippen LogP contribution >= 0.6 is 15.9 Å².